The zero-order valence-electron chi connectivity index (χ0n) is 16.0. The molecule has 2 aromatic rings. The Kier molecular flexibility index (Phi) is 5.69. The second-order valence-corrected chi connectivity index (χ2v) is 8.94. The Morgan fingerprint density at radius 1 is 1.31 bits per heavy atom. The molecule has 2 heterocycles. The van der Waals surface area contributed by atoms with Gasteiger partial charge in [-0.15, -0.1) is 0 Å². The van der Waals surface area contributed by atoms with E-state index < -0.39 is 5.60 Å². The Bertz CT molecular complexity index is 786. The highest BCUT2D eigenvalue weighted by atomic mass is 127. The van der Waals surface area contributed by atoms with Crippen molar-refractivity contribution in [2.45, 2.75) is 58.7 Å². The van der Waals surface area contributed by atoms with E-state index in [2.05, 4.69) is 63.7 Å². The first-order chi connectivity index (χ1) is 12.3. The summed E-state index contributed by atoms with van der Waals surface area (Å²) in [7, 11) is 0. The van der Waals surface area contributed by atoms with Crippen LogP contribution in [0.2, 0.25) is 0 Å². The van der Waals surface area contributed by atoms with Crippen molar-refractivity contribution in [2.75, 3.05) is 18.4 Å². The molecule has 0 spiro atoms. The maximum Gasteiger partial charge on any atom is 0.410 e. The van der Waals surface area contributed by atoms with Crippen molar-refractivity contribution >= 4 is 45.3 Å². The number of nitrogens with zero attached hydrogens (tertiary/aromatic N) is 2. The van der Waals surface area contributed by atoms with E-state index >= 15 is 0 Å². The Morgan fingerprint density at radius 3 is 2.62 bits per heavy atom. The fourth-order valence-corrected chi connectivity index (χ4v) is 4.36. The third-order valence-electron chi connectivity index (χ3n) is 4.72. The fourth-order valence-electron chi connectivity index (χ4n) is 3.45. The topological polar surface area (TPSA) is 46.5 Å². The molecule has 3 rings (SSSR count). The molecule has 1 aromatic carbocycles. The molecule has 0 saturated carbocycles. The van der Waals surface area contributed by atoms with Gasteiger partial charge in [-0.2, -0.15) is 0 Å². The summed E-state index contributed by atoms with van der Waals surface area (Å²) in [6.07, 6.45) is 1.66. The number of anilines is 1. The molecule has 1 fully saturated rings. The lowest BCUT2D eigenvalue weighted by Crippen LogP contribution is -2.44. The number of benzene rings is 1. The second kappa shape index (κ2) is 7.66. The number of hydrogen-bond acceptors (Lipinski definition) is 3. The first-order valence-electron chi connectivity index (χ1n) is 9.30. The third-order valence-corrected chi connectivity index (χ3v) is 5.61. The Balaban J connectivity index is 1.65. The lowest BCUT2D eigenvalue weighted by Gasteiger charge is -2.34. The number of rotatable bonds is 3. The standard InChI is InChI=1S/C20H28IN3O2/c1-5-24-17-8-6-7-16(15(17)13-18(24)21)22-14-9-11-23(12-10-14)19(25)26-20(2,3)4/h6-8,13-14,22H,5,9-12H2,1-4H3. The number of likely N-dealkylation sites (tertiary alicyclic amines) is 1. The molecule has 1 saturated heterocycles. The number of piperidine rings is 1. The maximum atomic E-state index is 12.2. The van der Waals surface area contributed by atoms with Gasteiger partial charge in [0.25, 0.3) is 0 Å². The number of fused-ring (bicyclic) bond motifs is 1. The smallest absolute Gasteiger partial charge is 0.410 e. The highest BCUT2D eigenvalue weighted by Gasteiger charge is 2.27. The first-order valence-corrected chi connectivity index (χ1v) is 10.4. The molecule has 0 bridgehead atoms. The van der Waals surface area contributed by atoms with E-state index in [9.17, 15) is 4.79 Å². The van der Waals surface area contributed by atoms with Gasteiger partial charge in [-0.1, -0.05) is 6.07 Å². The summed E-state index contributed by atoms with van der Waals surface area (Å²) in [4.78, 5) is 14.0. The number of carbonyl (C=O) groups excluding carboxylic acids is 1. The molecule has 26 heavy (non-hydrogen) atoms. The van der Waals surface area contributed by atoms with Crippen molar-refractivity contribution < 1.29 is 9.53 Å². The van der Waals surface area contributed by atoms with Crippen LogP contribution in [0.1, 0.15) is 40.5 Å². The summed E-state index contributed by atoms with van der Waals surface area (Å²) in [6, 6.07) is 9.07. The van der Waals surface area contributed by atoms with Crippen LogP contribution < -0.4 is 5.32 Å². The fraction of sp³-hybridized carbons (Fsp3) is 0.550. The summed E-state index contributed by atoms with van der Waals surface area (Å²) < 4.78 is 9.06. The number of hydrogen-bond donors (Lipinski definition) is 1. The van der Waals surface area contributed by atoms with Gasteiger partial charge in [-0.3, -0.25) is 0 Å². The van der Waals surface area contributed by atoms with Gasteiger partial charge in [-0.25, -0.2) is 4.79 Å². The lowest BCUT2D eigenvalue weighted by molar-refractivity contribution is 0.0210. The van der Waals surface area contributed by atoms with Crippen LogP contribution in [0.25, 0.3) is 10.9 Å². The van der Waals surface area contributed by atoms with Gasteiger partial charge in [0.1, 0.15) is 5.60 Å². The van der Waals surface area contributed by atoms with Gasteiger partial charge in [0.05, 0.1) is 9.22 Å². The van der Waals surface area contributed by atoms with Crippen LogP contribution in [0.5, 0.6) is 0 Å². The molecule has 1 aromatic heterocycles. The van der Waals surface area contributed by atoms with E-state index in [0.29, 0.717) is 6.04 Å². The molecule has 0 unspecified atom stereocenters. The summed E-state index contributed by atoms with van der Waals surface area (Å²) in [5, 5.41) is 4.97. The van der Waals surface area contributed by atoms with E-state index in [4.69, 9.17) is 4.74 Å². The SMILES string of the molecule is CCn1c(I)cc2c(NC3CCN(C(=O)OC(C)(C)C)CC3)cccc21. The van der Waals surface area contributed by atoms with Crippen LogP contribution in [0.4, 0.5) is 10.5 Å². The van der Waals surface area contributed by atoms with E-state index in [1.165, 1.54) is 20.3 Å². The molecule has 1 aliphatic heterocycles. The van der Waals surface area contributed by atoms with Crippen molar-refractivity contribution in [2.24, 2.45) is 0 Å². The predicted octanol–water partition coefficient (Wildman–Crippen LogP) is 5.08. The van der Waals surface area contributed by atoms with Gasteiger partial charge in [0, 0.05) is 36.7 Å². The number of amides is 1. The Hall–Kier alpha value is -1.44. The van der Waals surface area contributed by atoms with E-state index in [1.807, 2.05) is 25.7 Å². The number of aryl methyl sites for hydroxylation is 1. The minimum absolute atomic E-state index is 0.201. The molecule has 5 nitrogen and oxygen atoms in total. The van der Waals surface area contributed by atoms with Crippen LogP contribution in [0.15, 0.2) is 24.3 Å². The quantitative estimate of drug-likeness (QED) is 0.639. The summed E-state index contributed by atoms with van der Waals surface area (Å²) in [5.41, 5.74) is 2.02. The van der Waals surface area contributed by atoms with Crippen LogP contribution in [-0.4, -0.2) is 40.3 Å². The molecule has 0 atom stereocenters. The van der Waals surface area contributed by atoms with E-state index in [0.717, 1.165) is 32.5 Å². The van der Waals surface area contributed by atoms with E-state index in [1.54, 1.807) is 0 Å². The van der Waals surface area contributed by atoms with Crippen LogP contribution in [0.3, 0.4) is 0 Å². The molecule has 0 radical (unpaired) electrons. The summed E-state index contributed by atoms with van der Waals surface area (Å²) >= 11 is 2.40. The van der Waals surface area contributed by atoms with Crippen LogP contribution in [-0.2, 0) is 11.3 Å². The first kappa shape index (κ1) is 19.3. The number of ether oxygens (including phenoxy) is 1. The predicted molar refractivity (Wildman–Crippen MR) is 115 cm³/mol. The molecule has 6 heteroatoms. The molecule has 142 valence electrons. The number of halogens is 1. The van der Waals surface area contributed by atoms with E-state index in [-0.39, 0.29) is 6.09 Å². The maximum absolute atomic E-state index is 12.2. The monoisotopic (exact) mass is 469 g/mol. The summed E-state index contributed by atoms with van der Waals surface area (Å²) in [6.45, 7) is 10.3. The van der Waals surface area contributed by atoms with Gasteiger partial charge >= 0.3 is 6.09 Å². The van der Waals surface area contributed by atoms with Gasteiger partial charge in [0.2, 0.25) is 0 Å². The largest absolute Gasteiger partial charge is 0.444 e. The van der Waals surface area contributed by atoms with Crippen molar-refractivity contribution in [1.29, 1.82) is 0 Å². The number of carbonyl (C=O) groups is 1. The highest BCUT2D eigenvalue weighted by molar-refractivity contribution is 14.1. The Labute approximate surface area is 169 Å². The van der Waals surface area contributed by atoms with Crippen LogP contribution in [0, 0.1) is 3.70 Å². The van der Waals surface area contributed by atoms with Gasteiger partial charge in [-0.05, 0) is 81.3 Å². The van der Waals surface area contributed by atoms with Crippen molar-refractivity contribution in [1.82, 2.24) is 9.47 Å². The number of aromatic nitrogens is 1. The Morgan fingerprint density at radius 2 is 2.00 bits per heavy atom. The third kappa shape index (κ3) is 4.27. The second-order valence-electron chi connectivity index (χ2n) is 7.84. The molecule has 0 aliphatic carbocycles. The average molecular weight is 469 g/mol. The summed E-state index contributed by atoms with van der Waals surface area (Å²) in [5.74, 6) is 0. The molecule has 1 amide bonds. The molecule has 1 aliphatic rings. The van der Waals surface area contributed by atoms with Gasteiger partial charge < -0.3 is 19.5 Å². The number of nitrogens with one attached hydrogen (secondary N) is 1. The normalized spacial score (nSPS) is 16.1. The van der Waals surface area contributed by atoms with Crippen molar-refractivity contribution in [3.8, 4) is 0 Å². The van der Waals surface area contributed by atoms with Crippen LogP contribution >= 0.6 is 22.6 Å². The minimum Gasteiger partial charge on any atom is -0.444 e. The van der Waals surface area contributed by atoms with Gasteiger partial charge in [0.15, 0.2) is 0 Å². The van der Waals surface area contributed by atoms with Crippen molar-refractivity contribution in [3.63, 3.8) is 0 Å². The zero-order chi connectivity index (χ0) is 18.9. The molecular weight excluding hydrogens is 441 g/mol. The average Bonchev–Trinajstić information content (AvgIpc) is 2.90. The van der Waals surface area contributed by atoms with Crippen molar-refractivity contribution in [3.05, 3.63) is 28.0 Å². The lowest BCUT2D eigenvalue weighted by atomic mass is 10.0. The zero-order valence-corrected chi connectivity index (χ0v) is 18.2. The highest BCUT2D eigenvalue weighted by Crippen LogP contribution is 2.29. The minimum atomic E-state index is -0.439. The molecule has 1 N–H and O–H groups in total. The molecular formula is C20H28IN3O2.